The van der Waals surface area contributed by atoms with Gasteiger partial charge in [0.15, 0.2) is 12.0 Å². The van der Waals surface area contributed by atoms with E-state index in [0.29, 0.717) is 12.0 Å². The summed E-state index contributed by atoms with van der Waals surface area (Å²) in [6.45, 7) is 1.63. The van der Waals surface area contributed by atoms with Crippen molar-refractivity contribution in [2.75, 3.05) is 0 Å². The molecule has 0 saturated heterocycles. The molecular weight excluding hydrogens is 164 g/mol. The third-order valence-corrected chi connectivity index (χ3v) is 1.08. The van der Waals surface area contributed by atoms with Crippen molar-refractivity contribution in [3.8, 4) is 0 Å². The zero-order chi connectivity index (χ0) is 7.28. The molecule has 0 radical (unpaired) electrons. The summed E-state index contributed by atoms with van der Waals surface area (Å²) in [5, 5.41) is 0. The molecule has 0 aliphatic heterocycles. The van der Waals surface area contributed by atoms with E-state index >= 15 is 0 Å². The van der Waals surface area contributed by atoms with Crippen LogP contribution in [0.1, 0.15) is 13.3 Å². The van der Waals surface area contributed by atoms with E-state index in [0.717, 1.165) is 0 Å². The molecule has 0 aromatic carbocycles. The van der Waals surface area contributed by atoms with Crippen molar-refractivity contribution < 1.29 is 13.8 Å². The lowest BCUT2D eigenvalue weighted by atomic mass is 10.5. The number of hydrogen-bond acceptors (Lipinski definition) is 4. The highest BCUT2D eigenvalue weighted by Gasteiger charge is 2.02. The number of halogens is 1. The van der Waals surface area contributed by atoms with Crippen LogP contribution in [0.5, 0.6) is 0 Å². The average molecular weight is 169 g/mol. The topological polar surface area (TPSA) is 43.4 Å². The molecule has 0 aliphatic carbocycles. The molecule has 0 spiro atoms. The molecule has 0 amide bonds. The third-order valence-electron chi connectivity index (χ3n) is 0.489. The van der Waals surface area contributed by atoms with Crippen molar-refractivity contribution in [3.05, 3.63) is 0 Å². The average Bonchev–Trinajstić information content (AvgIpc) is 1.83. The van der Waals surface area contributed by atoms with Crippen molar-refractivity contribution >= 4 is 34.2 Å². The first-order valence-electron chi connectivity index (χ1n) is 2.23. The molecule has 0 N–H and O–H groups in total. The molecule has 5 heteroatoms. The van der Waals surface area contributed by atoms with Gasteiger partial charge in [-0.25, -0.2) is 0 Å². The van der Waals surface area contributed by atoms with Gasteiger partial charge in [-0.2, -0.15) is 0 Å². The van der Waals surface area contributed by atoms with Crippen molar-refractivity contribution in [1.29, 1.82) is 0 Å². The molecule has 0 aromatic rings. The van der Waals surface area contributed by atoms with Crippen molar-refractivity contribution in [1.82, 2.24) is 0 Å². The van der Waals surface area contributed by atoms with Gasteiger partial charge in [0, 0.05) is 6.42 Å². The number of carbonyl (C=O) groups is 2. The molecule has 0 unspecified atom stereocenters. The van der Waals surface area contributed by atoms with Crippen LogP contribution in [0.4, 0.5) is 4.79 Å². The van der Waals surface area contributed by atoms with Crippen LogP contribution in [0.25, 0.3) is 0 Å². The van der Waals surface area contributed by atoms with E-state index in [1.807, 2.05) is 0 Å². The summed E-state index contributed by atoms with van der Waals surface area (Å²) in [7, 11) is 0. The van der Waals surface area contributed by atoms with E-state index in [9.17, 15) is 9.59 Å². The quantitative estimate of drug-likeness (QED) is 0.443. The summed E-state index contributed by atoms with van der Waals surface area (Å²) >= 11 is 5.17. The van der Waals surface area contributed by atoms with Gasteiger partial charge < -0.3 is 4.18 Å². The lowest BCUT2D eigenvalue weighted by Gasteiger charge is -1.92. The second-order valence-electron chi connectivity index (χ2n) is 1.13. The number of rotatable bonds is 1. The van der Waals surface area contributed by atoms with Crippen molar-refractivity contribution in [3.63, 3.8) is 0 Å². The highest BCUT2D eigenvalue weighted by atomic mass is 35.5. The van der Waals surface area contributed by atoms with Gasteiger partial charge in [0.05, 0.1) is 0 Å². The molecule has 0 rings (SSSR count). The predicted molar refractivity (Wildman–Crippen MR) is 35.2 cm³/mol. The lowest BCUT2D eigenvalue weighted by Crippen LogP contribution is -1.95. The summed E-state index contributed by atoms with van der Waals surface area (Å²) in [6.07, 6.45) is 0.247. The maximum atomic E-state index is 10.3. The van der Waals surface area contributed by atoms with Gasteiger partial charge in [0.1, 0.15) is 0 Å². The van der Waals surface area contributed by atoms with Gasteiger partial charge in [0.25, 0.3) is 0 Å². The lowest BCUT2D eigenvalue weighted by molar-refractivity contribution is -0.132. The summed E-state index contributed by atoms with van der Waals surface area (Å²) in [6, 6.07) is 0. The number of carbonyl (C=O) groups excluding carboxylic acids is 2. The van der Waals surface area contributed by atoms with E-state index in [1.54, 1.807) is 6.92 Å². The van der Waals surface area contributed by atoms with Crippen LogP contribution in [0.15, 0.2) is 0 Å². The Morgan fingerprint density at radius 3 is 2.56 bits per heavy atom. The van der Waals surface area contributed by atoms with Gasteiger partial charge in [-0.3, -0.25) is 9.59 Å². The van der Waals surface area contributed by atoms with Crippen LogP contribution in [0.3, 0.4) is 0 Å². The molecule has 0 saturated carbocycles. The van der Waals surface area contributed by atoms with Crippen LogP contribution in [0, 0.1) is 0 Å². The Hall–Kier alpha value is -0.220. The van der Waals surface area contributed by atoms with Crippen molar-refractivity contribution in [2.45, 2.75) is 13.3 Å². The molecule has 0 fully saturated rings. The normalized spacial score (nSPS) is 8.67. The van der Waals surface area contributed by atoms with Crippen LogP contribution in [-0.4, -0.2) is 10.5 Å². The van der Waals surface area contributed by atoms with E-state index < -0.39 is 10.5 Å². The standard InChI is InChI=1S/C4H5ClO3S/c1-2-3(6)8-9-4(5)7/h2H2,1H3. The highest BCUT2D eigenvalue weighted by molar-refractivity contribution is 8.12. The van der Waals surface area contributed by atoms with E-state index in [4.69, 9.17) is 11.6 Å². The second-order valence-corrected chi connectivity index (χ2v) is 2.40. The maximum Gasteiger partial charge on any atom is 0.318 e. The van der Waals surface area contributed by atoms with Crippen LogP contribution >= 0.6 is 23.6 Å². The fraction of sp³-hybridized carbons (Fsp3) is 0.500. The smallest absolute Gasteiger partial charge is 0.318 e. The minimum atomic E-state index is -0.739. The first kappa shape index (κ1) is 8.78. The van der Waals surface area contributed by atoms with E-state index in [1.165, 1.54) is 0 Å². The zero-order valence-corrected chi connectivity index (χ0v) is 6.29. The molecule has 9 heavy (non-hydrogen) atoms. The summed E-state index contributed by atoms with van der Waals surface area (Å²) in [5.41, 5.74) is 0. The van der Waals surface area contributed by atoms with Gasteiger partial charge in [0.2, 0.25) is 0 Å². The summed E-state index contributed by atoms with van der Waals surface area (Å²) in [4.78, 5) is 20.2. The fourth-order valence-corrected chi connectivity index (χ4v) is 0.509. The first-order chi connectivity index (χ1) is 4.16. The Labute approximate surface area is 61.9 Å². The predicted octanol–water partition coefficient (Wildman–Crippen LogP) is 1.95. The summed E-state index contributed by atoms with van der Waals surface area (Å²) < 4.78 is 3.51. The minimum Gasteiger partial charge on any atom is -0.382 e. The molecule has 52 valence electrons. The Morgan fingerprint density at radius 2 is 2.22 bits per heavy atom. The van der Waals surface area contributed by atoms with Gasteiger partial charge in [-0.1, -0.05) is 6.92 Å². The molecule has 0 atom stereocenters. The molecule has 0 aromatic heterocycles. The fourth-order valence-electron chi connectivity index (χ4n) is 0.138. The number of hydrogen-bond donors (Lipinski definition) is 0. The Morgan fingerprint density at radius 1 is 1.67 bits per heavy atom. The molecular formula is C4H5ClO3S. The largest absolute Gasteiger partial charge is 0.382 e. The van der Waals surface area contributed by atoms with E-state index in [-0.39, 0.29) is 6.42 Å². The van der Waals surface area contributed by atoms with Crippen LogP contribution in [-0.2, 0) is 8.98 Å². The molecule has 3 nitrogen and oxygen atoms in total. The minimum absolute atomic E-state index is 0.247. The highest BCUT2D eigenvalue weighted by Crippen LogP contribution is 2.09. The Bertz CT molecular complexity index is 125. The van der Waals surface area contributed by atoms with E-state index in [2.05, 4.69) is 4.18 Å². The Kier molecular flexibility index (Phi) is 4.53. The zero-order valence-electron chi connectivity index (χ0n) is 4.72. The molecule has 0 aliphatic rings. The van der Waals surface area contributed by atoms with Crippen LogP contribution in [0.2, 0.25) is 0 Å². The van der Waals surface area contributed by atoms with Gasteiger partial charge >= 0.3 is 10.5 Å². The van der Waals surface area contributed by atoms with Gasteiger partial charge in [-0.05, 0) is 11.6 Å². The molecule has 0 bridgehead atoms. The first-order valence-corrected chi connectivity index (χ1v) is 3.35. The maximum absolute atomic E-state index is 10.3. The second kappa shape index (κ2) is 4.64. The third kappa shape index (κ3) is 5.65. The monoisotopic (exact) mass is 168 g/mol. The van der Waals surface area contributed by atoms with Gasteiger partial charge in [-0.15, -0.1) is 0 Å². The van der Waals surface area contributed by atoms with Crippen molar-refractivity contribution in [2.24, 2.45) is 0 Å². The Balaban J connectivity index is 3.28. The molecule has 0 heterocycles. The summed E-state index contributed by atoms with van der Waals surface area (Å²) in [5.74, 6) is -0.450. The van der Waals surface area contributed by atoms with Crippen LogP contribution < -0.4 is 0 Å². The SMILES string of the molecule is CCC(=O)OSC(=O)Cl.